The largest absolute Gasteiger partial charge is 0.325 e. The van der Waals surface area contributed by atoms with Gasteiger partial charge < -0.3 is 5.32 Å². The molecule has 20 heavy (non-hydrogen) atoms. The van der Waals surface area contributed by atoms with E-state index in [1.54, 1.807) is 36.4 Å². The molecule has 0 saturated heterocycles. The highest BCUT2D eigenvalue weighted by atomic mass is 35.5. The van der Waals surface area contributed by atoms with Crippen LogP contribution in [0.4, 0.5) is 10.1 Å². The predicted octanol–water partition coefficient (Wildman–Crippen LogP) is 4.70. The molecule has 0 aliphatic heterocycles. The molecule has 1 N–H and O–H groups in total. The lowest BCUT2D eigenvalue weighted by Crippen LogP contribution is -2.13. The first-order chi connectivity index (χ1) is 9.56. The highest BCUT2D eigenvalue weighted by molar-refractivity contribution is 6.36. The molecule has 2 aromatic rings. The third kappa shape index (κ3) is 3.95. The molecule has 0 unspecified atom stereocenters. The number of halogens is 3. The topological polar surface area (TPSA) is 29.1 Å². The number of anilines is 1. The molecule has 0 aliphatic carbocycles. The molecule has 2 aromatic carbocycles. The predicted molar refractivity (Wildman–Crippen MR) is 79.8 cm³/mol. The Hall–Kier alpha value is -1.58. The van der Waals surface area contributed by atoms with Crippen molar-refractivity contribution in [2.24, 2.45) is 0 Å². The van der Waals surface area contributed by atoms with E-state index in [4.69, 9.17) is 23.2 Å². The van der Waals surface area contributed by atoms with Gasteiger partial charge in [-0.15, -0.1) is 0 Å². The van der Waals surface area contributed by atoms with Crippen LogP contribution < -0.4 is 5.32 Å². The van der Waals surface area contributed by atoms with Crippen LogP contribution in [0.1, 0.15) is 12.0 Å². The van der Waals surface area contributed by atoms with Gasteiger partial charge in [0.1, 0.15) is 5.82 Å². The summed E-state index contributed by atoms with van der Waals surface area (Å²) in [6.45, 7) is 0. The average Bonchev–Trinajstić information content (AvgIpc) is 2.41. The van der Waals surface area contributed by atoms with Gasteiger partial charge in [-0.3, -0.25) is 4.79 Å². The number of nitrogens with one attached hydrogen (secondary N) is 1. The van der Waals surface area contributed by atoms with Gasteiger partial charge >= 0.3 is 0 Å². The fraction of sp³-hybridized carbons (Fsp3) is 0.133. The van der Waals surface area contributed by atoms with Crippen molar-refractivity contribution < 1.29 is 9.18 Å². The second kappa shape index (κ2) is 6.73. The van der Waals surface area contributed by atoms with Gasteiger partial charge in [0.25, 0.3) is 0 Å². The minimum atomic E-state index is -0.301. The van der Waals surface area contributed by atoms with Gasteiger partial charge in [0, 0.05) is 11.4 Å². The monoisotopic (exact) mass is 311 g/mol. The molecule has 0 saturated carbocycles. The third-order valence-electron chi connectivity index (χ3n) is 2.78. The summed E-state index contributed by atoms with van der Waals surface area (Å²) < 4.78 is 13.4. The highest BCUT2D eigenvalue weighted by Gasteiger charge is 2.08. The van der Waals surface area contributed by atoms with Crippen LogP contribution in [0.5, 0.6) is 0 Å². The highest BCUT2D eigenvalue weighted by Crippen LogP contribution is 2.25. The number of hydrogen-bond donors (Lipinski definition) is 1. The van der Waals surface area contributed by atoms with Gasteiger partial charge in [0.05, 0.1) is 10.7 Å². The van der Waals surface area contributed by atoms with E-state index in [9.17, 15) is 9.18 Å². The zero-order chi connectivity index (χ0) is 14.5. The molecule has 0 spiro atoms. The van der Waals surface area contributed by atoms with Crippen molar-refractivity contribution >= 4 is 34.8 Å². The first-order valence-corrected chi connectivity index (χ1v) is 6.80. The van der Waals surface area contributed by atoms with Crippen LogP contribution in [0.2, 0.25) is 10.0 Å². The van der Waals surface area contributed by atoms with E-state index in [1.807, 2.05) is 0 Å². The standard InChI is InChI=1S/C15H12Cl2FNO/c16-11-6-7-14(12(17)9-11)19-15(20)8-5-10-3-1-2-4-13(10)18/h1-4,6-7,9H,5,8H2,(H,19,20). The Morgan fingerprint density at radius 2 is 1.90 bits per heavy atom. The van der Waals surface area contributed by atoms with Gasteiger partial charge in [0.2, 0.25) is 5.91 Å². The van der Waals surface area contributed by atoms with E-state index in [1.165, 1.54) is 6.07 Å². The molecular formula is C15H12Cl2FNO. The lowest BCUT2D eigenvalue weighted by molar-refractivity contribution is -0.116. The van der Waals surface area contributed by atoms with Crippen molar-refractivity contribution in [1.29, 1.82) is 0 Å². The Labute approximate surface area is 126 Å². The number of carbonyl (C=O) groups is 1. The lowest BCUT2D eigenvalue weighted by atomic mass is 10.1. The molecular weight excluding hydrogens is 300 g/mol. The van der Waals surface area contributed by atoms with Crippen LogP contribution in [-0.2, 0) is 11.2 Å². The zero-order valence-corrected chi connectivity index (χ0v) is 12.0. The molecule has 5 heteroatoms. The van der Waals surface area contributed by atoms with Gasteiger partial charge in [-0.25, -0.2) is 4.39 Å². The Morgan fingerprint density at radius 1 is 1.15 bits per heavy atom. The van der Waals surface area contributed by atoms with Crippen LogP contribution >= 0.6 is 23.2 Å². The number of aryl methyl sites for hydroxylation is 1. The summed E-state index contributed by atoms with van der Waals surface area (Å²) >= 11 is 11.7. The van der Waals surface area contributed by atoms with Crippen LogP contribution in [0, 0.1) is 5.82 Å². The fourth-order valence-corrected chi connectivity index (χ4v) is 2.21. The number of amides is 1. The summed E-state index contributed by atoms with van der Waals surface area (Å²) in [6, 6.07) is 11.2. The van der Waals surface area contributed by atoms with Gasteiger partial charge in [0.15, 0.2) is 0 Å². The molecule has 0 atom stereocenters. The van der Waals surface area contributed by atoms with E-state index in [2.05, 4.69) is 5.32 Å². The molecule has 0 aliphatic rings. The molecule has 0 radical (unpaired) electrons. The number of benzene rings is 2. The van der Waals surface area contributed by atoms with Gasteiger partial charge in [-0.1, -0.05) is 41.4 Å². The van der Waals surface area contributed by atoms with E-state index in [-0.39, 0.29) is 18.1 Å². The second-order valence-corrected chi connectivity index (χ2v) is 5.11. The Balaban J connectivity index is 1.94. The van der Waals surface area contributed by atoms with E-state index >= 15 is 0 Å². The average molecular weight is 312 g/mol. The van der Waals surface area contributed by atoms with Crippen LogP contribution in [0.25, 0.3) is 0 Å². The van der Waals surface area contributed by atoms with E-state index in [0.29, 0.717) is 27.7 Å². The van der Waals surface area contributed by atoms with Crippen molar-refractivity contribution in [3.63, 3.8) is 0 Å². The quantitative estimate of drug-likeness (QED) is 0.871. The van der Waals surface area contributed by atoms with Crippen molar-refractivity contribution in [3.05, 3.63) is 63.9 Å². The maximum atomic E-state index is 13.4. The van der Waals surface area contributed by atoms with Crippen molar-refractivity contribution in [2.45, 2.75) is 12.8 Å². The minimum absolute atomic E-state index is 0.180. The Morgan fingerprint density at radius 3 is 2.60 bits per heavy atom. The van der Waals surface area contributed by atoms with Crippen LogP contribution in [0.3, 0.4) is 0 Å². The number of carbonyl (C=O) groups excluding carboxylic acids is 1. The summed E-state index contributed by atoms with van der Waals surface area (Å²) in [6.07, 6.45) is 0.517. The molecule has 0 aromatic heterocycles. The lowest BCUT2D eigenvalue weighted by Gasteiger charge is -2.08. The van der Waals surface area contributed by atoms with E-state index < -0.39 is 0 Å². The third-order valence-corrected chi connectivity index (χ3v) is 3.33. The normalized spacial score (nSPS) is 10.3. The molecule has 2 nitrogen and oxygen atoms in total. The van der Waals surface area contributed by atoms with Crippen LogP contribution in [0.15, 0.2) is 42.5 Å². The minimum Gasteiger partial charge on any atom is -0.325 e. The summed E-state index contributed by atoms with van der Waals surface area (Å²) in [5, 5.41) is 3.55. The molecule has 0 bridgehead atoms. The molecule has 1 amide bonds. The summed E-state index contributed by atoms with van der Waals surface area (Å²) in [7, 11) is 0. The smallest absolute Gasteiger partial charge is 0.224 e. The first kappa shape index (κ1) is 14.8. The van der Waals surface area contributed by atoms with Crippen molar-refractivity contribution in [3.8, 4) is 0 Å². The number of hydrogen-bond acceptors (Lipinski definition) is 1. The van der Waals surface area contributed by atoms with Gasteiger partial charge in [-0.2, -0.15) is 0 Å². The van der Waals surface area contributed by atoms with Gasteiger partial charge in [-0.05, 0) is 36.2 Å². The SMILES string of the molecule is O=C(CCc1ccccc1F)Nc1ccc(Cl)cc1Cl. The maximum Gasteiger partial charge on any atom is 0.224 e. The second-order valence-electron chi connectivity index (χ2n) is 4.26. The maximum absolute atomic E-state index is 13.4. The zero-order valence-electron chi connectivity index (χ0n) is 10.5. The van der Waals surface area contributed by atoms with Crippen molar-refractivity contribution in [2.75, 3.05) is 5.32 Å². The Kier molecular flexibility index (Phi) is 4.99. The summed E-state index contributed by atoms with van der Waals surface area (Å²) in [4.78, 5) is 11.8. The first-order valence-electron chi connectivity index (χ1n) is 6.04. The molecule has 2 rings (SSSR count). The van der Waals surface area contributed by atoms with Crippen molar-refractivity contribution in [1.82, 2.24) is 0 Å². The Bertz CT molecular complexity index is 631. The molecule has 104 valence electrons. The van der Waals surface area contributed by atoms with Crippen LogP contribution in [-0.4, -0.2) is 5.91 Å². The summed E-state index contributed by atoms with van der Waals surface area (Å²) in [5.41, 5.74) is 1.01. The molecule has 0 heterocycles. The summed E-state index contributed by atoms with van der Waals surface area (Å²) in [5.74, 6) is -0.526. The van der Waals surface area contributed by atoms with E-state index in [0.717, 1.165) is 0 Å². The number of rotatable bonds is 4. The fourth-order valence-electron chi connectivity index (χ4n) is 1.75. The molecule has 0 fully saturated rings.